The van der Waals surface area contributed by atoms with Crippen molar-refractivity contribution in [1.29, 1.82) is 0 Å². The van der Waals surface area contributed by atoms with Gasteiger partial charge < -0.3 is 10.1 Å². The Hall–Kier alpha value is -2.62. The molecule has 0 aliphatic rings. The van der Waals surface area contributed by atoms with Gasteiger partial charge in [0, 0.05) is 23.7 Å². The summed E-state index contributed by atoms with van der Waals surface area (Å²) in [7, 11) is 1.90. The number of aromatic nitrogens is 1. The summed E-state index contributed by atoms with van der Waals surface area (Å²) in [5.41, 5.74) is 3.93. The van der Waals surface area contributed by atoms with Crippen LogP contribution in [-0.4, -0.2) is 25.3 Å². The summed E-state index contributed by atoms with van der Waals surface area (Å²) >= 11 is 0. The summed E-state index contributed by atoms with van der Waals surface area (Å²) < 4.78 is 17.3. The molecule has 0 radical (unpaired) electrons. The number of fused-ring (bicyclic) bond motifs is 1. The van der Waals surface area contributed by atoms with Crippen LogP contribution in [0.3, 0.4) is 0 Å². The fourth-order valence-corrected chi connectivity index (χ4v) is 2.32. The lowest BCUT2D eigenvalue weighted by molar-refractivity contribution is 0.273. The molecule has 0 unspecified atom stereocenters. The monoisotopic (exact) mass is 296 g/mol. The van der Waals surface area contributed by atoms with Gasteiger partial charge in [-0.2, -0.15) is 0 Å². The van der Waals surface area contributed by atoms with Crippen molar-refractivity contribution in [2.24, 2.45) is 0 Å². The molecule has 0 saturated carbocycles. The largest absolute Gasteiger partial charge is 0.491 e. The van der Waals surface area contributed by atoms with Gasteiger partial charge in [-0.25, -0.2) is 9.37 Å². The SMILES string of the molecule is CNc1ccc2nc(-c3ccc(OCCF)cc3)ccc2c1. The van der Waals surface area contributed by atoms with E-state index in [4.69, 9.17) is 4.74 Å². The lowest BCUT2D eigenvalue weighted by atomic mass is 10.1. The summed E-state index contributed by atoms with van der Waals surface area (Å²) in [6, 6.07) is 17.7. The van der Waals surface area contributed by atoms with Crippen molar-refractivity contribution >= 4 is 16.6 Å². The van der Waals surface area contributed by atoms with Crippen molar-refractivity contribution in [2.75, 3.05) is 25.6 Å². The van der Waals surface area contributed by atoms with Gasteiger partial charge in [-0.1, -0.05) is 6.07 Å². The van der Waals surface area contributed by atoms with Crippen molar-refractivity contribution in [3.8, 4) is 17.0 Å². The highest BCUT2D eigenvalue weighted by Gasteiger charge is 2.03. The van der Waals surface area contributed by atoms with Gasteiger partial charge in [0.05, 0.1) is 11.2 Å². The Balaban J connectivity index is 1.89. The first-order valence-corrected chi connectivity index (χ1v) is 7.18. The van der Waals surface area contributed by atoms with Crippen molar-refractivity contribution in [2.45, 2.75) is 0 Å². The zero-order chi connectivity index (χ0) is 15.4. The molecule has 0 atom stereocenters. The molecule has 3 rings (SSSR count). The van der Waals surface area contributed by atoms with Crippen LogP contribution >= 0.6 is 0 Å². The van der Waals surface area contributed by atoms with Crippen molar-refractivity contribution in [3.05, 3.63) is 54.6 Å². The first-order valence-electron chi connectivity index (χ1n) is 7.18. The van der Waals surface area contributed by atoms with E-state index in [9.17, 15) is 4.39 Å². The molecule has 3 nitrogen and oxygen atoms in total. The molecule has 0 fully saturated rings. The Morgan fingerprint density at radius 3 is 2.59 bits per heavy atom. The molecule has 0 saturated heterocycles. The number of hydrogen-bond donors (Lipinski definition) is 1. The van der Waals surface area contributed by atoms with Gasteiger partial charge in [-0.3, -0.25) is 0 Å². The molecule has 0 amide bonds. The van der Waals surface area contributed by atoms with E-state index in [1.165, 1.54) is 0 Å². The Bertz CT molecular complexity index is 772. The van der Waals surface area contributed by atoms with E-state index in [-0.39, 0.29) is 6.61 Å². The molecule has 3 aromatic rings. The minimum absolute atomic E-state index is 0.0847. The lowest BCUT2D eigenvalue weighted by Gasteiger charge is -2.07. The van der Waals surface area contributed by atoms with E-state index in [1.807, 2.05) is 49.5 Å². The van der Waals surface area contributed by atoms with Crippen LogP contribution in [0.15, 0.2) is 54.6 Å². The second-order valence-electron chi connectivity index (χ2n) is 4.92. The minimum Gasteiger partial charge on any atom is -0.491 e. The molecular formula is C18H17FN2O. The van der Waals surface area contributed by atoms with Crippen LogP contribution in [0.25, 0.3) is 22.2 Å². The molecule has 1 N–H and O–H groups in total. The summed E-state index contributed by atoms with van der Waals surface area (Å²) in [4.78, 5) is 4.68. The van der Waals surface area contributed by atoms with Gasteiger partial charge in [-0.15, -0.1) is 0 Å². The molecule has 112 valence electrons. The Morgan fingerprint density at radius 2 is 1.86 bits per heavy atom. The highest BCUT2D eigenvalue weighted by atomic mass is 19.1. The van der Waals surface area contributed by atoms with Gasteiger partial charge in [-0.05, 0) is 48.5 Å². The second kappa shape index (κ2) is 6.43. The Kier molecular flexibility index (Phi) is 4.19. The van der Waals surface area contributed by atoms with Gasteiger partial charge in [0.15, 0.2) is 0 Å². The van der Waals surface area contributed by atoms with Gasteiger partial charge in [0.1, 0.15) is 19.0 Å². The molecule has 2 aromatic carbocycles. The highest BCUT2D eigenvalue weighted by molar-refractivity contribution is 5.84. The number of benzene rings is 2. The zero-order valence-corrected chi connectivity index (χ0v) is 12.3. The molecule has 1 heterocycles. The number of rotatable bonds is 5. The number of alkyl halides is 1. The van der Waals surface area contributed by atoms with Crippen molar-refractivity contribution < 1.29 is 9.13 Å². The maximum Gasteiger partial charge on any atom is 0.123 e. The number of ether oxygens (including phenoxy) is 1. The normalized spacial score (nSPS) is 10.6. The van der Waals surface area contributed by atoms with Gasteiger partial charge in [0.25, 0.3) is 0 Å². The van der Waals surface area contributed by atoms with Crippen LogP contribution in [0, 0.1) is 0 Å². The fourth-order valence-electron chi connectivity index (χ4n) is 2.32. The summed E-state index contributed by atoms with van der Waals surface area (Å²) in [6.07, 6.45) is 0. The van der Waals surface area contributed by atoms with Crippen LogP contribution in [0.1, 0.15) is 0 Å². The molecule has 4 heteroatoms. The Morgan fingerprint density at radius 1 is 1.05 bits per heavy atom. The van der Waals surface area contributed by atoms with E-state index in [2.05, 4.69) is 22.4 Å². The number of halogens is 1. The standard InChI is InChI=1S/C18H17FN2O/c1-20-15-5-9-18-14(12-15)4-8-17(21-18)13-2-6-16(7-3-13)22-11-10-19/h2-9,12,20H,10-11H2,1H3. The molecule has 22 heavy (non-hydrogen) atoms. The summed E-state index contributed by atoms with van der Waals surface area (Å²) in [5.74, 6) is 0.667. The molecule has 0 aliphatic carbocycles. The highest BCUT2D eigenvalue weighted by Crippen LogP contribution is 2.24. The van der Waals surface area contributed by atoms with Crippen molar-refractivity contribution in [3.63, 3.8) is 0 Å². The number of nitrogens with one attached hydrogen (secondary N) is 1. The van der Waals surface area contributed by atoms with E-state index >= 15 is 0 Å². The van der Waals surface area contributed by atoms with Crippen LogP contribution in [0.5, 0.6) is 5.75 Å². The number of hydrogen-bond acceptors (Lipinski definition) is 3. The van der Waals surface area contributed by atoms with Crippen LogP contribution in [-0.2, 0) is 0 Å². The smallest absolute Gasteiger partial charge is 0.123 e. The first-order chi connectivity index (χ1) is 10.8. The maximum absolute atomic E-state index is 12.1. The predicted molar refractivity (Wildman–Crippen MR) is 88.2 cm³/mol. The van der Waals surface area contributed by atoms with E-state index in [0.717, 1.165) is 27.8 Å². The quantitative estimate of drug-likeness (QED) is 0.762. The van der Waals surface area contributed by atoms with E-state index < -0.39 is 6.67 Å². The predicted octanol–water partition coefficient (Wildman–Crippen LogP) is 4.29. The first kappa shape index (κ1) is 14.3. The van der Waals surface area contributed by atoms with E-state index in [0.29, 0.717) is 5.75 Å². The van der Waals surface area contributed by atoms with Gasteiger partial charge >= 0.3 is 0 Å². The third kappa shape index (κ3) is 3.01. The molecule has 0 spiro atoms. The minimum atomic E-state index is -0.484. The zero-order valence-electron chi connectivity index (χ0n) is 12.3. The molecule has 1 aromatic heterocycles. The molecular weight excluding hydrogens is 279 g/mol. The van der Waals surface area contributed by atoms with Crippen LogP contribution in [0.2, 0.25) is 0 Å². The van der Waals surface area contributed by atoms with Crippen molar-refractivity contribution in [1.82, 2.24) is 4.98 Å². The Labute approximate surface area is 128 Å². The molecule has 0 bridgehead atoms. The van der Waals surface area contributed by atoms with Crippen LogP contribution in [0.4, 0.5) is 10.1 Å². The third-order valence-corrected chi connectivity index (χ3v) is 3.47. The molecule has 0 aliphatic heterocycles. The average Bonchev–Trinajstić information content (AvgIpc) is 2.59. The van der Waals surface area contributed by atoms with Gasteiger partial charge in [0.2, 0.25) is 0 Å². The van der Waals surface area contributed by atoms with E-state index in [1.54, 1.807) is 0 Å². The average molecular weight is 296 g/mol. The maximum atomic E-state index is 12.1. The topological polar surface area (TPSA) is 34.2 Å². The number of nitrogens with zero attached hydrogens (tertiary/aromatic N) is 1. The summed E-state index contributed by atoms with van der Waals surface area (Å²) in [6.45, 7) is -0.399. The third-order valence-electron chi connectivity index (χ3n) is 3.47. The number of anilines is 1. The lowest BCUT2D eigenvalue weighted by Crippen LogP contribution is -1.98. The van der Waals surface area contributed by atoms with Crippen LogP contribution < -0.4 is 10.1 Å². The fraction of sp³-hybridized carbons (Fsp3) is 0.167. The summed E-state index contributed by atoms with van der Waals surface area (Å²) in [5, 5.41) is 4.22. The number of pyridine rings is 1. The second-order valence-corrected chi connectivity index (χ2v) is 4.92.